The van der Waals surface area contributed by atoms with Gasteiger partial charge in [-0.1, -0.05) is 6.92 Å². The molecule has 0 aromatic rings. The minimum absolute atomic E-state index is 0.0290. The van der Waals surface area contributed by atoms with Crippen LogP contribution in [-0.4, -0.2) is 48.1 Å². The monoisotopic (exact) mass is 240 g/mol. The van der Waals surface area contributed by atoms with Crippen LogP contribution in [0, 0.1) is 0 Å². The fourth-order valence-corrected chi connectivity index (χ4v) is 2.42. The van der Waals surface area contributed by atoms with Gasteiger partial charge in [0.1, 0.15) is 5.54 Å². The van der Waals surface area contributed by atoms with Crippen molar-refractivity contribution in [3.05, 3.63) is 0 Å². The molecule has 2 heterocycles. The van der Waals surface area contributed by atoms with E-state index in [1.54, 1.807) is 6.92 Å². The molecule has 0 aromatic heterocycles. The lowest BCUT2D eigenvalue weighted by molar-refractivity contribution is -0.140. The SMILES string of the molecule is CCC1(C)NC(=O)CCN(C2CCOC2)C1=O. The lowest BCUT2D eigenvalue weighted by Crippen LogP contribution is -2.56. The first-order valence-corrected chi connectivity index (χ1v) is 6.26. The summed E-state index contributed by atoms with van der Waals surface area (Å²) < 4.78 is 5.33. The molecule has 17 heavy (non-hydrogen) atoms. The largest absolute Gasteiger partial charge is 0.379 e. The van der Waals surface area contributed by atoms with Crippen molar-refractivity contribution in [2.24, 2.45) is 0 Å². The zero-order chi connectivity index (χ0) is 12.5. The Morgan fingerprint density at radius 2 is 2.29 bits per heavy atom. The summed E-state index contributed by atoms with van der Waals surface area (Å²) in [6, 6.07) is 0.140. The number of hydrogen-bond donors (Lipinski definition) is 1. The van der Waals surface area contributed by atoms with Gasteiger partial charge in [-0.25, -0.2) is 0 Å². The molecule has 2 atom stereocenters. The van der Waals surface area contributed by atoms with E-state index in [4.69, 9.17) is 4.74 Å². The number of nitrogens with zero attached hydrogens (tertiary/aromatic N) is 1. The minimum atomic E-state index is -0.754. The van der Waals surface area contributed by atoms with E-state index in [1.165, 1.54) is 0 Å². The molecule has 2 saturated heterocycles. The van der Waals surface area contributed by atoms with Gasteiger partial charge in [0.25, 0.3) is 0 Å². The highest BCUT2D eigenvalue weighted by Gasteiger charge is 2.42. The van der Waals surface area contributed by atoms with Crippen LogP contribution in [0.2, 0.25) is 0 Å². The Hall–Kier alpha value is -1.10. The maximum absolute atomic E-state index is 12.5. The van der Waals surface area contributed by atoms with Crippen LogP contribution in [0.3, 0.4) is 0 Å². The molecule has 5 heteroatoms. The van der Waals surface area contributed by atoms with Crippen LogP contribution < -0.4 is 5.32 Å². The topological polar surface area (TPSA) is 58.6 Å². The van der Waals surface area contributed by atoms with Crippen molar-refractivity contribution < 1.29 is 14.3 Å². The molecular weight excluding hydrogens is 220 g/mol. The van der Waals surface area contributed by atoms with Crippen LogP contribution in [0.4, 0.5) is 0 Å². The molecule has 0 spiro atoms. The lowest BCUT2D eigenvalue weighted by Gasteiger charge is -2.34. The Kier molecular flexibility index (Phi) is 3.38. The second kappa shape index (κ2) is 4.64. The summed E-state index contributed by atoms with van der Waals surface area (Å²) in [5.74, 6) is -0.00883. The van der Waals surface area contributed by atoms with E-state index in [9.17, 15) is 9.59 Å². The van der Waals surface area contributed by atoms with E-state index < -0.39 is 5.54 Å². The second-order valence-corrected chi connectivity index (χ2v) is 5.00. The van der Waals surface area contributed by atoms with Gasteiger partial charge in [-0.15, -0.1) is 0 Å². The molecule has 5 nitrogen and oxygen atoms in total. The standard InChI is InChI=1S/C12H20N2O3/c1-3-12(2)11(16)14(6-4-10(15)13-12)9-5-7-17-8-9/h9H,3-8H2,1-2H3,(H,13,15). The summed E-state index contributed by atoms with van der Waals surface area (Å²) in [7, 11) is 0. The average Bonchev–Trinajstić information content (AvgIpc) is 2.79. The molecule has 0 radical (unpaired) electrons. The Labute approximate surface area is 101 Å². The molecule has 2 aliphatic rings. The third-order valence-electron chi connectivity index (χ3n) is 3.78. The van der Waals surface area contributed by atoms with Gasteiger partial charge in [0.2, 0.25) is 11.8 Å². The maximum Gasteiger partial charge on any atom is 0.248 e. The lowest BCUT2D eigenvalue weighted by atomic mass is 9.96. The van der Waals surface area contributed by atoms with Crippen LogP contribution >= 0.6 is 0 Å². The van der Waals surface area contributed by atoms with E-state index in [0.29, 0.717) is 32.6 Å². The molecule has 0 bridgehead atoms. The van der Waals surface area contributed by atoms with Gasteiger partial charge in [0, 0.05) is 19.6 Å². The molecule has 0 aromatic carbocycles. The van der Waals surface area contributed by atoms with Gasteiger partial charge in [-0.05, 0) is 19.8 Å². The molecule has 0 aliphatic carbocycles. The molecule has 2 aliphatic heterocycles. The number of carbonyl (C=O) groups excluding carboxylic acids is 2. The zero-order valence-electron chi connectivity index (χ0n) is 10.5. The molecule has 1 N–H and O–H groups in total. The molecule has 2 rings (SSSR count). The van der Waals surface area contributed by atoms with Crippen LogP contribution in [0.5, 0.6) is 0 Å². The average molecular weight is 240 g/mol. The summed E-state index contributed by atoms with van der Waals surface area (Å²) in [5.41, 5.74) is -0.754. The van der Waals surface area contributed by atoms with Crippen molar-refractivity contribution in [1.82, 2.24) is 10.2 Å². The second-order valence-electron chi connectivity index (χ2n) is 5.00. The highest BCUT2D eigenvalue weighted by Crippen LogP contribution is 2.22. The predicted octanol–water partition coefficient (Wildman–Crippen LogP) is 0.293. The molecular formula is C12H20N2O3. The summed E-state index contributed by atoms with van der Waals surface area (Å²) in [5, 5.41) is 2.84. The number of ether oxygens (including phenoxy) is 1. The fraction of sp³-hybridized carbons (Fsp3) is 0.833. The predicted molar refractivity (Wildman–Crippen MR) is 62.4 cm³/mol. The van der Waals surface area contributed by atoms with Crippen molar-refractivity contribution >= 4 is 11.8 Å². The van der Waals surface area contributed by atoms with E-state index in [0.717, 1.165) is 6.42 Å². The van der Waals surface area contributed by atoms with Crippen LogP contribution in [0.25, 0.3) is 0 Å². The van der Waals surface area contributed by atoms with E-state index in [-0.39, 0.29) is 17.9 Å². The van der Waals surface area contributed by atoms with Gasteiger partial charge in [0.05, 0.1) is 12.6 Å². The van der Waals surface area contributed by atoms with Crippen molar-refractivity contribution in [2.75, 3.05) is 19.8 Å². The van der Waals surface area contributed by atoms with Crippen molar-refractivity contribution in [1.29, 1.82) is 0 Å². The highest BCUT2D eigenvalue weighted by atomic mass is 16.5. The van der Waals surface area contributed by atoms with Gasteiger partial charge < -0.3 is 15.0 Å². The first-order chi connectivity index (χ1) is 8.07. The summed E-state index contributed by atoms with van der Waals surface area (Å²) >= 11 is 0. The van der Waals surface area contributed by atoms with Crippen LogP contribution in [-0.2, 0) is 14.3 Å². The maximum atomic E-state index is 12.5. The Balaban J connectivity index is 2.20. The quantitative estimate of drug-likeness (QED) is 0.755. The third kappa shape index (κ3) is 2.29. The molecule has 2 fully saturated rings. The Morgan fingerprint density at radius 3 is 2.88 bits per heavy atom. The minimum Gasteiger partial charge on any atom is -0.379 e. The van der Waals surface area contributed by atoms with Gasteiger partial charge >= 0.3 is 0 Å². The Bertz CT molecular complexity index is 326. The number of carbonyl (C=O) groups is 2. The number of hydrogen-bond acceptors (Lipinski definition) is 3. The van der Waals surface area contributed by atoms with Crippen LogP contribution in [0.1, 0.15) is 33.1 Å². The summed E-state index contributed by atoms with van der Waals surface area (Å²) in [6.45, 7) is 5.54. The van der Waals surface area contributed by atoms with Crippen LogP contribution in [0.15, 0.2) is 0 Å². The number of nitrogens with one attached hydrogen (secondary N) is 1. The van der Waals surface area contributed by atoms with E-state index >= 15 is 0 Å². The molecule has 0 saturated carbocycles. The summed E-state index contributed by atoms with van der Waals surface area (Å²) in [6.07, 6.45) is 1.87. The van der Waals surface area contributed by atoms with Gasteiger partial charge in [0.15, 0.2) is 0 Å². The normalized spacial score (nSPS) is 34.7. The molecule has 2 amide bonds. The molecule has 2 unspecified atom stereocenters. The van der Waals surface area contributed by atoms with Crippen molar-refractivity contribution in [3.63, 3.8) is 0 Å². The summed E-state index contributed by atoms with van der Waals surface area (Å²) in [4.78, 5) is 26.0. The number of amides is 2. The van der Waals surface area contributed by atoms with Crippen molar-refractivity contribution in [2.45, 2.75) is 44.7 Å². The smallest absolute Gasteiger partial charge is 0.248 e. The molecule has 96 valence electrons. The fourth-order valence-electron chi connectivity index (χ4n) is 2.42. The van der Waals surface area contributed by atoms with E-state index in [2.05, 4.69) is 5.32 Å². The number of rotatable bonds is 2. The van der Waals surface area contributed by atoms with Gasteiger partial charge in [-0.2, -0.15) is 0 Å². The Morgan fingerprint density at radius 1 is 1.53 bits per heavy atom. The zero-order valence-corrected chi connectivity index (χ0v) is 10.5. The third-order valence-corrected chi connectivity index (χ3v) is 3.78. The highest BCUT2D eigenvalue weighted by molar-refractivity contribution is 5.93. The van der Waals surface area contributed by atoms with Gasteiger partial charge in [-0.3, -0.25) is 9.59 Å². The first kappa shape index (κ1) is 12.4. The van der Waals surface area contributed by atoms with E-state index in [1.807, 2.05) is 11.8 Å². The van der Waals surface area contributed by atoms with Crippen molar-refractivity contribution in [3.8, 4) is 0 Å². The first-order valence-electron chi connectivity index (χ1n) is 6.26.